The van der Waals surface area contributed by atoms with Crippen molar-refractivity contribution in [3.8, 4) is 17.0 Å². The van der Waals surface area contributed by atoms with Gasteiger partial charge in [0.1, 0.15) is 5.75 Å². The predicted octanol–water partition coefficient (Wildman–Crippen LogP) is 3.95. The number of carbonyl (C=O) groups is 1. The first-order chi connectivity index (χ1) is 11.0. The van der Waals surface area contributed by atoms with E-state index in [0.29, 0.717) is 12.1 Å². The molecule has 0 fully saturated rings. The molecule has 0 aliphatic carbocycles. The largest absolute Gasteiger partial charge is 0.496 e. The SMILES string of the molecule is CCc1nc2sc(C)c(-c3ccc(OC)c(C)c3)n2c1C(=O)O. The molecule has 0 bridgehead atoms. The molecule has 120 valence electrons. The number of nitrogens with zero attached hydrogens (tertiary/aromatic N) is 2. The van der Waals surface area contributed by atoms with Gasteiger partial charge in [-0.05, 0) is 44.0 Å². The Morgan fingerprint density at radius 2 is 2.13 bits per heavy atom. The number of methoxy groups -OCH3 is 1. The van der Waals surface area contributed by atoms with Gasteiger partial charge >= 0.3 is 5.97 Å². The summed E-state index contributed by atoms with van der Waals surface area (Å²) in [5.74, 6) is -0.130. The van der Waals surface area contributed by atoms with E-state index in [-0.39, 0.29) is 5.69 Å². The third-order valence-corrected chi connectivity index (χ3v) is 4.88. The number of ether oxygens (including phenoxy) is 1. The van der Waals surface area contributed by atoms with Crippen LogP contribution < -0.4 is 4.74 Å². The molecule has 0 aliphatic rings. The van der Waals surface area contributed by atoms with Gasteiger partial charge in [0.15, 0.2) is 10.7 Å². The summed E-state index contributed by atoms with van der Waals surface area (Å²) in [7, 11) is 1.64. The Labute approximate surface area is 138 Å². The van der Waals surface area contributed by atoms with Gasteiger partial charge in [-0.15, -0.1) is 11.3 Å². The van der Waals surface area contributed by atoms with Crippen LogP contribution in [0, 0.1) is 13.8 Å². The molecule has 3 aromatic rings. The predicted molar refractivity (Wildman–Crippen MR) is 90.9 cm³/mol. The highest BCUT2D eigenvalue weighted by molar-refractivity contribution is 7.17. The van der Waals surface area contributed by atoms with Gasteiger partial charge in [-0.25, -0.2) is 9.78 Å². The van der Waals surface area contributed by atoms with Crippen LogP contribution in [0.3, 0.4) is 0 Å². The van der Waals surface area contributed by atoms with Crippen LogP contribution in [0.1, 0.15) is 33.5 Å². The molecule has 0 saturated carbocycles. The number of thiazole rings is 1. The van der Waals surface area contributed by atoms with E-state index in [1.54, 1.807) is 11.5 Å². The standard InChI is InChI=1S/C17H18N2O3S/c1-5-12-15(16(20)21)19-14(10(3)23-17(19)18-12)11-6-7-13(22-4)9(2)8-11/h6-8H,5H2,1-4H3,(H,20,21). The minimum Gasteiger partial charge on any atom is -0.496 e. The molecule has 0 spiro atoms. The van der Waals surface area contributed by atoms with Crippen molar-refractivity contribution in [1.82, 2.24) is 9.38 Å². The van der Waals surface area contributed by atoms with E-state index in [2.05, 4.69) is 4.98 Å². The quantitative estimate of drug-likeness (QED) is 0.787. The fraction of sp³-hybridized carbons (Fsp3) is 0.294. The smallest absolute Gasteiger partial charge is 0.354 e. The van der Waals surface area contributed by atoms with Crippen LogP contribution in [0.5, 0.6) is 5.75 Å². The van der Waals surface area contributed by atoms with E-state index in [1.165, 1.54) is 11.3 Å². The van der Waals surface area contributed by atoms with E-state index in [1.807, 2.05) is 39.0 Å². The Hall–Kier alpha value is -2.34. The first-order valence-corrected chi connectivity index (χ1v) is 8.18. The normalized spacial score (nSPS) is 11.1. The van der Waals surface area contributed by atoms with Crippen LogP contribution in [0.2, 0.25) is 0 Å². The molecule has 1 N–H and O–H groups in total. The fourth-order valence-electron chi connectivity index (χ4n) is 2.89. The van der Waals surface area contributed by atoms with Crippen LogP contribution in [0.4, 0.5) is 0 Å². The monoisotopic (exact) mass is 330 g/mol. The molecular formula is C17H18N2O3S. The Bertz CT molecular complexity index is 908. The number of hydrogen-bond acceptors (Lipinski definition) is 4. The minimum atomic E-state index is -0.946. The fourth-order valence-corrected chi connectivity index (χ4v) is 3.89. The van der Waals surface area contributed by atoms with Gasteiger partial charge in [0.25, 0.3) is 0 Å². The Morgan fingerprint density at radius 3 is 2.70 bits per heavy atom. The van der Waals surface area contributed by atoms with Gasteiger partial charge in [-0.1, -0.05) is 6.92 Å². The van der Waals surface area contributed by atoms with Gasteiger partial charge in [0.2, 0.25) is 0 Å². The summed E-state index contributed by atoms with van der Waals surface area (Å²) in [6.07, 6.45) is 0.593. The highest BCUT2D eigenvalue weighted by Gasteiger charge is 2.23. The molecule has 0 saturated heterocycles. The van der Waals surface area contributed by atoms with Crippen molar-refractivity contribution in [3.05, 3.63) is 40.0 Å². The maximum absolute atomic E-state index is 11.7. The number of aromatic nitrogens is 2. The molecule has 0 aliphatic heterocycles. The Morgan fingerprint density at radius 1 is 1.39 bits per heavy atom. The Balaban J connectivity index is 2.32. The lowest BCUT2D eigenvalue weighted by atomic mass is 10.1. The van der Waals surface area contributed by atoms with Crippen LogP contribution in [0.25, 0.3) is 16.2 Å². The molecular weight excluding hydrogens is 312 g/mol. The van der Waals surface area contributed by atoms with Crippen molar-refractivity contribution in [2.75, 3.05) is 7.11 Å². The van der Waals surface area contributed by atoms with Crippen molar-refractivity contribution in [2.45, 2.75) is 27.2 Å². The summed E-state index contributed by atoms with van der Waals surface area (Å²) < 4.78 is 7.07. The first-order valence-electron chi connectivity index (χ1n) is 7.37. The van der Waals surface area contributed by atoms with Crippen LogP contribution in [-0.2, 0) is 6.42 Å². The maximum atomic E-state index is 11.7. The molecule has 0 unspecified atom stereocenters. The highest BCUT2D eigenvalue weighted by atomic mass is 32.1. The minimum absolute atomic E-state index is 0.260. The summed E-state index contributed by atoms with van der Waals surface area (Å²) in [6.45, 7) is 5.89. The average molecular weight is 330 g/mol. The van der Waals surface area contributed by atoms with Crippen molar-refractivity contribution in [3.63, 3.8) is 0 Å². The number of aryl methyl sites for hydroxylation is 3. The van der Waals surface area contributed by atoms with Gasteiger partial charge in [-0.2, -0.15) is 0 Å². The first kappa shape index (κ1) is 15.6. The van der Waals surface area contributed by atoms with Crippen LogP contribution in [0.15, 0.2) is 18.2 Å². The third-order valence-electron chi connectivity index (χ3n) is 3.93. The number of carboxylic acid groups (broad SMARTS) is 1. The molecule has 6 heteroatoms. The summed E-state index contributed by atoms with van der Waals surface area (Å²) in [5, 5.41) is 9.62. The zero-order valence-corrected chi connectivity index (χ0v) is 14.3. The summed E-state index contributed by atoms with van der Waals surface area (Å²) >= 11 is 1.51. The highest BCUT2D eigenvalue weighted by Crippen LogP contribution is 2.35. The van der Waals surface area contributed by atoms with Crippen LogP contribution in [-0.4, -0.2) is 27.6 Å². The van der Waals surface area contributed by atoms with Crippen molar-refractivity contribution in [2.24, 2.45) is 0 Å². The molecule has 23 heavy (non-hydrogen) atoms. The van der Waals surface area contributed by atoms with E-state index in [9.17, 15) is 9.90 Å². The molecule has 1 aromatic carbocycles. The number of fused-ring (bicyclic) bond motifs is 1. The number of carboxylic acids is 1. The van der Waals surface area contributed by atoms with Gasteiger partial charge in [0, 0.05) is 10.4 Å². The molecule has 0 radical (unpaired) electrons. The Kier molecular flexibility index (Phi) is 3.85. The van der Waals surface area contributed by atoms with Crippen molar-refractivity contribution >= 4 is 22.3 Å². The summed E-state index contributed by atoms with van der Waals surface area (Å²) in [5.41, 5.74) is 3.75. The van der Waals surface area contributed by atoms with Gasteiger partial charge in [-0.3, -0.25) is 4.40 Å². The number of imidazole rings is 1. The molecule has 0 amide bonds. The number of rotatable bonds is 4. The van der Waals surface area contributed by atoms with Crippen molar-refractivity contribution in [1.29, 1.82) is 0 Å². The van der Waals surface area contributed by atoms with Crippen LogP contribution >= 0.6 is 11.3 Å². The lowest BCUT2D eigenvalue weighted by Crippen LogP contribution is -2.06. The second-order valence-corrected chi connectivity index (χ2v) is 6.56. The molecule has 3 rings (SSSR count). The molecule has 0 atom stereocenters. The summed E-state index contributed by atoms with van der Waals surface area (Å²) in [4.78, 5) is 18.0. The van der Waals surface area contributed by atoms with E-state index in [4.69, 9.17) is 4.74 Å². The van der Waals surface area contributed by atoms with E-state index < -0.39 is 5.97 Å². The molecule has 2 heterocycles. The van der Waals surface area contributed by atoms with Gasteiger partial charge < -0.3 is 9.84 Å². The molecule has 2 aromatic heterocycles. The zero-order valence-electron chi connectivity index (χ0n) is 13.5. The van der Waals surface area contributed by atoms with Gasteiger partial charge in [0.05, 0.1) is 18.5 Å². The van der Waals surface area contributed by atoms with E-state index in [0.717, 1.165) is 32.4 Å². The van der Waals surface area contributed by atoms with Crippen molar-refractivity contribution < 1.29 is 14.6 Å². The third kappa shape index (κ3) is 2.39. The second kappa shape index (κ2) is 5.70. The maximum Gasteiger partial charge on any atom is 0.354 e. The zero-order chi connectivity index (χ0) is 16.7. The number of aromatic carboxylic acids is 1. The lowest BCUT2D eigenvalue weighted by molar-refractivity contribution is 0.0688. The topological polar surface area (TPSA) is 63.8 Å². The van der Waals surface area contributed by atoms with E-state index >= 15 is 0 Å². The average Bonchev–Trinajstić information content (AvgIpc) is 3.00. The number of hydrogen-bond donors (Lipinski definition) is 1. The molecule has 5 nitrogen and oxygen atoms in total. The number of benzene rings is 1. The summed E-state index contributed by atoms with van der Waals surface area (Å²) in [6, 6.07) is 5.88. The second-order valence-electron chi connectivity index (χ2n) is 5.38. The lowest BCUT2D eigenvalue weighted by Gasteiger charge is -2.09.